The Morgan fingerprint density at radius 3 is 2.48 bits per heavy atom. The van der Waals surface area contributed by atoms with E-state index in [2.05, 4.69) is 15.6 Å². The van der Waals surface area contributed by atoms with E-state index in [0.717, 1.165) is 28.1 Å². The topological polar surface area (TPSA) is 130 Å². The third kappa shape index (κ3) is 8.82. The summed E-state index contributed by atoms with van der Waals surface area (Å²) in [5, 5.41) is 16.1. The first-order valence-corrected chi connectivity index (χ1v) is 14.6. The molecular weight excluding hydrogens is 532 g/mol. The number of aliphatic hydroxyl groups is 1. The normalized spacial score (nSPS) is 18.0. The van der Waals surface area contributed by atoms with Crippen molar-refractivity contribution in [2.24, 2.45) is 5.41 Å². The minimum Gasteiger partial charge on any atom is -0.391 e. The molecule has 0 radical (unpaired) electrons. The molecule has 3 amide bonds. The molecule has 1 aliphatic rings. The van der Waals surface area contributed by atoms with Crippen LogP contribution in [0.4, 0.5) is 0 Å². The second-order valence-electron chi connectivity index (χ2n) is 11.1. The van der Waals surface area contributed by atoms with Crippen LogP contribution in [0.2, 0.25) is 0 Å². The fraction of sp³-hybridized carbons (Fsp3) is 0.586. The molecule has 0 aliphatic carbocycles. The standard InChI is InChI=1S/C29H42N4O6S/c1-6-11-38-12-13-39-17-24(35)32-26(29(3,4)5)28(37)33-16-22(34)14-23(33)27(36)30-15-20-7-9-21(10-8-20)25-19(2)31-18-40-25/h7-10,18,22-23,26,34H,6,11-17H2,1-5H3,(H,30,36)(H,32,35)/t22-,23+,26?/m1/s1. The van der Waals surface area contributed by atoms with E-state index in [4.69, 9.17) is 9.47 Å². The number of benzene rings is 1. The van der Waals surface area contributed by atoms with E-state index in [-0.39, 0.29) is 38.6 Å². The predicted octanol–water partition coefficient (Wildman–Crippen LogP) is 2.67. The Hall–Kier alpha value is -2.86. The van der Waals surface area contributed by atoms with Crippen LogP contribution in [0.3, 0.4) is 0 Å². The van der Waals surface area contributed by atoms with Gasteiger partial charge in [-0.15, -0.1) is 11.3 Å². The zero-order chi connectivity index (χ0) is 29.3. The number of nitrogens with zero attached hydrogens (tertiary/aromatic N) is 2. The van der Waals surface area contributed by atoms with Crippen molar-refractivity contribution in [3.63, 3.8) is 0 Å². The lowest BCUT2D eigenvalue weighted by atomic mass is 9.85. The van der Waals surface area contributed by atoms with Crippen molar-refractivity contribution in [1.29, 1.82) is 0 Å². The number of amides is 3. The molecule has 2 aromatic rings. The van der Waals surface area contributed by atoms with Gasteiger partial charge in [-0.2, -0.15) is 0 Å². The lowest BCUT2D eigenvalue weighted by Gasteiger charge is -2.35. The number of carbonyl (C=O) groups excluding carboxylic acids is 3. The van der Waals surface area contributed by atoms with Crippen molar-refractivity contribution in [3.8, 4) is 10.4 Å². The highest BCUT2D eigenvalue weighted by Crippen LogP contribution is 2.28. The molecule has 1 aliphatic heterocycles. The molecule has 220 valence electrons. The summed E-state index contributed by atoms with van der Waals surface area (Å²) in [6.45, 7) is 10.9. The Balaban J connectivity index is 1.59. The molecule has 1 unspecified atom stereocenters. The summed E-state index contributed by atoms with van der Waals surface area (Å²) < 4.78 is 10.7. The number of rotatable bonds is 13. The average molecular weight is 575 g/mol. The maximum absolute atomic E-state index is 13.6. The minimum absolute atomic E-state index is 0.0214. The molecule has 3 N–H and O–H groups in total. The molecule has 10 nitrogen and oxygen atoms in total. The largest absolute Gasteiger partial charge is 0.391 e. The Kier molecular flexibility index (Phi) is 11.6. The second kappa shape index (κ2) is 14.7. The predicted molar refractivity (Wildman–Crippen MR) is 154 cm³/mol. The maximum atomic E-state index is 13.6. The van der Waals surface area contributed by atoms with Crippen molar-refractivity contribution in [1.82, 2.24) is 20.5 Å². The first-order chi connectivity index (χ1) is 19.0. The number of hydrogen-bond donors (Lipinski definition) is 3. The molecule has 1 saturated heterocycles. The Bertz CT molecular complexity index is 1130. The van der Waals surface area contributed by atoms with E-state index >= 15 is 0 Å². The number of β-amino-alcohol motifs (C(OH)–C–C–N with tert-alkyl or cyclic N) is 1. The van der Waals surface area contributed by atoms with Crippen LogP contribution in [0.1, 0.15) is 51.8 Å². The summed E-state index contributed by atoms with van der Waals surface area (Å²) in [4.78, 5) is 46.2. The van der Waals surface area contributed by atoms with Crippen LogP contribution < -0.4 is 10.6 Å². The van der Waals surface area contributed by atoms with Crippen molar-refractivity contribution in [2.75, 3.05) is 33.0 Å². The highest BCUT2D eigenvalue weighted by atomic mass is 32.1. The van der Waals surface area contributed by atoms with Gasteiger partial charge in [-0.25, -0.2) is 4.98 Å². The summed E-state index contributed by atoms with van der Waals surface area (Å²) in [6, 6.07) is 6.15. The van der Waals surface area contributed by atoms with Gasteiger partial charge in [-0.3, -0.25) is 14.4 Å². The lowest BCUT2D eigenvalue weighted by molar-refractivity contribution is -0.144. The number of aromatic nitrogens is 1. The number of nitrogens with one attached hydrogen (secondary N) is 2. The number of aliphatic hydroxyl groups excluding tert-OH is 1. The Morgan fingerprint density at radius 1 is 1.15 bits per heavy atom. The average Bonchev–Trinajstić information content (AvgIpc) is 3.52. The number of hydrogen-bond acceptors (Lipinski definition) is 8. The number of aryl methyl sites for hydroxylation is 1. The van der Waals surface area contributed by atoms with E-state index in [1.807, 2.05) is 64.4 Å². The van der Waals surface area contributed by atoms with Crippen LogP contribution in [0.25, 0.3) is 10.4 Å². The molecule has 1 fully saturated rings. The molecule has 0 bridgehead atoms. The third-order valence-electron chi connectivity index (χ3n) is 6.67. The molecule has 3 atom stereocenters. The van der Waals surface area contributed by atoms with Crippen molar-refractivity contribution < 1.29 is 29.0 Å². The van der Waals surface area contributed by atoms with Gasteiger partial charge in [0.25, 0.3) is 0 Å². The van der Waals surface area contributed by atoms with Gasteiger partial charge in [0.15, 0.2) is 0 Å². The molecule has 1 aromatic carbocycles. The van der Waals surface area contributed by atoms with Crippen LogP contribution in [-0.4, -0.2) is 83.9 Å². The lowest BCUT2D eigenvalue weighted by Crippen LogP contribution is -2.58. The van der Waals surface area contributed by atoms with Crippen LogP contribution in [-0.2, 0) is 30.4 Å². The summed E-state index contributed by atoms with van der Waals surface area (Å²) in [5.74, 6) is -1.18. The first kappa shape index (κ1) is 31.7. The molecule has 2 heterocycles. The molecule has 3 rings (SSSR count). The summed E-state index contributed by atoms with van der Waals surface area (Å²) in [5.41, 5.74) is 4.14. The second-order valence-corrected chi connectivity index (χ2v) is 12.0. The van der Waals surface area contributed by atoms with Gasteiger partial charge in [0.05, 0.1) is 35.4 Å². The Morgan fingerprint density at radius 2 is 1.85 bits per heavy atom. The van der Waals surface area contributed by atoms with E-state index < -0.39 is 35.4 Å². The van der Waals surface area contributed by atoms with Crippen LogP contribution >= 0.6 is 11.3 Å². The highest BCUT2D eigenvalue weighted by molar-refractivity contribution is 7.13. The number of carbonyl (C=O) groups is 3. The van der Waals surface area contributed by atoms with Crippen LogP contribution in [0.15, 0.2) is 29.8 Å². The molecule has 1 aromatic heterocycles. The zero-order valence-corrected chi connectivity index (χ0v) is 24.9. The SMILES string of the molecule is CCCOCCOCC(=O)NC(C(=O)N1C[C@H](O)C[C@H]1C(=O)NCc1ccc(-c2scnc2C)cc1)C(C)(C)C. The third-order valence-corrected chi connectivity index (χ3v) is 7.64. The molecule has 11 heteroatoms. The summed E-state index contributed by atoms with van der Waals surface area (Å²) in [6.07, 6.45) is 0.206. The fourth-order valence-electron chi connectivity index (χ4n) is 4.51. The van der Waals surface area contributed by atoms with E-state index in [1.165, 1.54) is 4.90 Å². The smallest absolute Gasteiger partial charge is 0.246 e. The Labute approximate surface area is 240 Å². The molecule has 40 heavy (non-hydrogen) atoms. The number of ether oxygens (including phenoxy) is 2. The van der Waals surface area contributed by atoms with E-state index in [9.17, 15) is 19.5 Å². The van der Waals surface area contributed by atoms with E-state index in [0.29, 0.717) is 13.2 Å². The molecular formula is C29H42N4O6S. The molecule has 0 saturated carbocycles. The van der Waals surface area contributed by atoms with E-state index in [1.54, 1.807) is 11.3 Å². The van der Waals surface area contributed by atoms with Gasteiger partial charge in [0.2, 0.25) is 17.7 Å². The number of likely N-dealkylation sites (tertiary alicyclic amines) is 1. The van der Waals surface area contributed by atoms with Gasteiger partial charge in [-0.05, 0) is 29.9 Å². The first-order valence-electron chi connectivity index (χ1n) is 13.7. The van der Waals surface area contributed by atoms with Gasteiger partial charge in [-0.1, -0.05) is 52.0 Å². The van der Waals surface area contributed by atoms with Gasteiger partial charge in [0, 0.05) is 26.1 Å². The van der Waals surface area contributed by atoms with Gasteiger partial charge >= 0.3 is 0 Å². The van der Waals surface area contributed by atoms with Crippen molar-refractivity contribution >= 4 is 29.1 Å². The zero-order valence-electron chi connectivity index (χ0n) is 24.1. The van der Waals surface area contributed by atoms with Crippen molar-refractivity contribution in [3.05, 3.63) is 41.0 Å². The molecule has 0 spiro atoms. The highest BCUT2D eigenvalue weighted by Gasteiger charge is 2.44. The van der Waals surface area contributed by atoms with Gasteiger partial charge in [0.1, 0.15) is 18.7 Å². The fourth-order valence-corrected chi connectivity index (χ4v) is 5.32. The van der Waals surface area contributed by atoms with Crippen LogP contribution in [0, 0.1) is 12.3 Å². The quantitative estimate of drug-likeness (QED) is 0.314. The minimum atomic E-state index is -0.900. The van der Waals surface area contributed by atoms with Crippen LogP contribution in [0.5, 0.6) is 0 Å². The van der Waals surface area contributed by atoms with Gasteiger partial charge < -0.3 is 30.1 Å². The monoisotopic (exact) mass is 574 g/mol. The summed E-state index contributed by atoms with van der Waals surface area (Å²) >= 11 is 1.58. The number of thiazole rings is 1. The van der Waals surface area contributed by atoms with Crippen molar-refractivity contribution in [2.45, 2.75) is 72.2 Å². The summed E-state index contributed by atoms with van der Waals surface area (Å²) in [7, 11) is 0. The maximum Gasteiger partial charge on any atom is 0.246 e.